The molecule has 1 atom stereocenters. The fraction of sp³-hybridized carbons (Fsp3) is 0.316. The second-order valence-electron chi connectivity index (χ2n) is 6.40. The van der Waals surface area contributed by atoms with Crippen LogP contribution in [0.3, 0.4) is 0 Å². The van der Waals surface area contributed by atoms with Gasteiger partial charge in [0.05, 0.1) is 11.9 Å². The van der Waals surface area contributed by atoms with Gasteiger partial charge in [-0.1, -0.05) is 36.9 Å². The first kappa shape index (κ1) is 18.9. The van der Waals surface area contributed by atoms with Crippen molar-refractivity contribution in [2.75, 3.05) is 20.1 Å². The second-order valence-corrected chi connectivity index (χ2v) is 6.40. The molecule has 1 fully saturated rings. The predicted octanol–water partition coefficient (Wildman–Crippen LogP) is 3.33. The molecule has 1 unspecified atom stereocenters. The number of amidine groups is 1. The molecule has 0 saturated carbocycles. The van der Waals surface area contributed by atoms with E-state index in [4.69, 9.17) is 0 Å². The predicted molar refractivity (Wildman–Crippen MR) is 97.3 cm³/mol. The number of likely N-dealkylation sites (tertiary alicyclic amines) is 1. The number of halogens is 3. The van der Waals surface area contributed by atoms with E-state index >= 15 is 0 Å². The number of rotatable bonds is 3. The van der Waals surface area contributed by atoms with E-state index in [9.17, 15) is 18.0 Å². The molecule has 0 radical (unpaired) electrons. The Morgan fingerprint density at radius 1 is 1.33 bits per heavy atom. The van der Waals surface area contributed by atoms with Crippen molar-refractivity contribution < 1.29 is 18.0 Å². The number of hydrogen-bond acceptors (Lipinski definition) is 3. The summed E-state index contributed by atoms with van der Waals surface area (Å²) in [5.74, 6) is -1.01. The highest BCUT2D eigenvalue weighted by Gasteiger charge is 2.41. The summed E-state index contributed by atoms with van der Waals surface area (Å²) in [5.41, 5.74) is 1.77. The number of nitrogens with zero attached hydrogens (tertiary/aromatic N) is 4. The van der Waals surface area contributed by atoms with Crippen LogP contribution in [0.25, 0.3) is 0 Å². The first-order valence-corrected chi connectivity index (χ1v) is 8.40. The average Bonchev–Trinajstić information content (AvgIpc) is 2.98. The largest absolute Gasteiger partial charge is 0.451 e. The number of benzene rings is 1. The molecule has 0 aromatic heterocycles. The lowest BCUT2D eigenvalue weighted by atomic mass is 9.98. The molecule has 8 heteroatoms. The normalized spacial score (nSPS) is 21.1. The molecule has 0 aliphatic carbocycles. The van der Waals surface area contributed by atoms with Crippen LogP contribution in [0.5, 0.6) is 0 Å². The Labute approximate surface area is 155 Å². The van der Waals surface area contributed by atoms with Gasteiger partial charge in [0, 0.05) is 32.5 Å². The SMILES string of the molecule is C=C1C=C(CN2CC(c3ccccc3)CC2=O)C=NN1C(=NC)C(F)(F)F. The molecular weight excluding hydrogens is 357 g/mol. The van der Waals surface area contributed by atoms with Crippen molar-refractivity contribution >= 4 is 18.0 Å². The second kappa shape index (κ2) is 7.38. The van der Waals surface area contributed by atoms with Crippen molar-refractivity contribution in [3.63, 3.8) is 0 Å². The van der Waals surface area contributed by atoms with Crippen molar-refractivity contribution in [3.8, 4) is 0 Å². The molecule has 1 amide bonds. The Balaban J connectivity index is 1.68. The fourth-order valence-corrected chi connectivity index (χ4v) is 3.23. The molecule has 2 heterocycles. The van der Waals surface area contributed by atoms with Crippen LogP contribution < -0.4 is 0 Å². The number of carbonyl (C=O) groups is 1. The van der Waals surface area contributed by atoms with Crippen LogP contribution in [0.1, 0.15) is 17.9 Å². The lowest BCUT2D eigenvalue weighted by Gasteiger charge is -2.26. The van der Waals surface area contributed by atoms with Gasteiger partial charge in [0.2, 0.25) is 11.7 Å². The highest BCUT2D eigenvalue weighted by atomic mass is 19.4. The molecule has 1 aromatic carbocycles. The molecular formula is C19H19F3N4O. The van der Waals surface area contributed by atoms with Gasteiger partial charge in [-0.15, -0.1) is 0 Å². The van der Waals surface area contributed by atoms with E-state index in [1.54, 1.807) is 4.90 Å². The molecule has 2 aliphatic rings. The quantitative estimate of drug-likeness (QED) is 0.600. The van der Waals surface area contributed by atoms with Gasteiger partial charge < -0.3 is 4.90 Å². The molecule has 0 N–H and O–H groups in total. The smallest absolute Gasteiger partial charge is 0.338 e. The maximum atomic E-state index is 13.0. The standard InChI is InChI=1S/C19H19F3N4O/c1-13-8-14(10-24-26(13)18(23-2)19(20,21)22)11-25-12-16(9-17(25)27)15-6-4-3-5-7-15/h3-8,10,16H,1,9,11-12H2,2H3. The minimum atomic E-state index is -4.63. The van der Waals surface area contributed by atoms with Crippen LogP contribution in [0.2, 0.25) is 0 Å². The Morgan fingerprint density at radius 3 is 2.63 bits per heavy atom. The highest BCUT2D eigenvalue weighted by molar-refractivity contribution is 5.93. The zero-order valence-electron chi connectivity index (χ0n) is 14.8. The van der Waals surface area contributed by atoms with Gasteiger partial charge in [-0.05, 0) is 17.2 Å². The molecule has 27 heavy (non-hydrogen) atoms. The van der Waals surface area contributed by atoms with Crippen LogP contribution >= 0.6 is 0 Å². The average molecular weight is 376 g/mol. The molecule has 1 saturated heterocycles. The number of carbonyl (C=O) groups excluding carboxylic acids is 1. The minimum Gasteiger partial charge on any atom is -0.338 e. The Morgan fingerprint density at radius 2 is 2.04 bits per heavy atom. The van der Waals surface area contributed by atoms with Crippen molar-refractivity contribution in [2.45, 2.75) is 18.5 Å². The third kappa shape index (κ3) is 4.10. The zero-order valence-corrected chi connectivity index (χ0v) is 14.8. The number of hydrogen-bond donors (Lipinski definition) is 0. The topological polar surface area (TPSA) is 48.3 Å². The number of allylic oxidation sites excluding steroid dienone is 1. The van der Waals surface area contributed by atoms with Gasteiger partial charge in [-0.25, -0.2) is 5.01 Å². The number of hydrazone groups is 1. The summed E-state index contributed by atoms with van der Waals surface area (Å²) in [5, 5.41) is 4.48. The minimum absolute atomic E-state index is 0.0114. The summed E-state index contributed by atoms with van der Waals surface area (Å²) in [6.45, 7) is 4.48. The molecule has 1 aromatic rings. The lowest BCUT2D eigenvalue weighted by molar-refractivity contribution is -0.127. The Bertz CT molecular complexity index is 827. The third-order valence-electron chi connectivity index (χ3n) is 4.49. The van der Waals surface area contributed by atoms with Crippen molar-refractivity contribution in [1.82, 2.24) is 9.91 Å². The first-order valence-electron chi connectivity index (χ1n) is 8.40. The molecule has 142 valence electrons. The summed E-state index contributed by atoms with van der Waals surface area (Å²) in [6, 6.07) is 9.78. The van der Waals surface area contributed by atoms with Crippen molar-refractivity contribution in [2.24, 2.45) is 10.1 Å². The Kier molecular flexibility index (Phi) is 5.16. The van der Waals surface area contributed by atoms with Gasteiger partial charge in [0.25, 0.3) is 0 Å². The van der Waals surface area contributed by atoms with Crippen molar-refractivity contribution in [1.29, 1.82) is 0 Å². The van der Waals surface area contributed by atoms with E-state index in [0.717, 1.165) is 12.6 Å². The first-order chi connectivity index (χ1) is 12.8. The summed E-state index contributed by atoms with van der Waals surface area (Å²) >= 11 is 0. The Hall–Kier alpha value is -2.90. The van der Waals surface area contributed by atoms with Gasteiger partial charge >= 0.3 is 6.18 Å². The van der Waals surface area contributed by atoms with E-state index in [-0.39, 0.29) is 24.1 Å². The van der Waals surface area contributed by atoms with Gasteiger partial charge in [-0.2, -0.15) is 18.3 Å². The fourth-order valence-electron chi connectivity index (χ4n) is 3.23. The van der Waals surface area contributed by atoms with E-state index in [0.29, 0.717) is 23.5 Å². The summed E-state index contributed by atoms with van der Waals surface area (Å²) in [7, 11) is 1.05. The van der Waals surface area contributed by atoms with Crippen LogP contribution in [-0.2, 0) is 4.79 Å². The summed E-state index contributed by atoms with van der Waals surface area (Å²) in [6.07, 6.45) is -1.40. The maximum absolute atomic E-state index is 13.0. The van der Waals surface area contributed by atoms with Gasteiger partial charge in [0.1, 0.15) is 0 Å². The van der Waals surface area contributed by atoms with Gasteiger partial charge in [0.15, 0.2) is 0 Å². The van der Waals surface area contributed by atoms with E-state index in [1.165, 1.54) is 12.3 Å². The molecule has 5 nitrogen and oxygen atoms in total. The number of amides is 1. The molecule has 3 rings (SSSR count). The summed E-state index contributed by atoms with van der Waals surface area (Å²) in [4.78, 5) is 17.3. The molecule has 0 bridgehead atoms. The number of alkyl halides is 3. The summed E-state index contributed by atoms with van der Waals surface area (Å²) < 4.78 is 39.0. The van der Waals surface area contributed by atoms with Crippen LogP contribution in [-0.4, -0.2) is 54.2 Å². The van der Waals surface area contributed by atoms with E-state index in [2.05, 4.69) is 16.7 Å². The maximum Gasteiger partial charge on any atom is 0.451 e. The van der Waals surface area contributed by atoms with Crippen LogP contribution in [0.15, 0.2) is 64.4 Å². The van der Waals surface area contributed by atoms with Gasteiger partial charge in [-0.3, -0.25) is 9.79 Å². The highest BCUT2D eigenvalue weighted by Crippen LogP contribution is 2.29. The zero-order chi connectivity index (χ0) is 19.6. The third-order valence-corrected chi connectivity index (χ3v) is 4.49. The van der Waals surface area contributed by atoms with Crippen molar-refractivity contribution in [3.05, 3.63) is 59.8 Å². The molecule has 0 spiro atoms. The number of aliphatic imine (C=N–C) groups is 1. The van der Waals surface area contributed by atoms with E-state index < -0.39 is 12.0 Å². The van der Waals surface area contributed by atoms with E-state index in [1.807, 2.05) is 30.3 Å². The lowest BCUT2D eigenvalue weighted by Crippen LogP contribution is -2.38. The van der Waals surface area contributed by atoms with Crippen LogP contribution in [0.4, 0.5) is 13.2 Å². The molecule has 2 aliphatic heterocycles. The monoisotopic (exact) mass is 376 g/mol. The van der Waals surface area contributed by atoms with Crippen LogP contribution in [0, 0.1) is 0 Å².